The molecule has 0 saturated carbocycles. The molecule has 2 rings (SSSR count). The van der Waals surface area contributed by atoms with Crippen molar-refractivity contribution in [2.75, 3.05) is 27.2 Å². The van der Waals surface area contributed by atoms with Gasteiger partial charge in [0.25, 0.3) is 0 Å². The van der Waals surface area contributed by atoms with Crippen LogP contribution in [0.2, 0.25) is 0 Å². The number of methoxy groups -OCH3 is 1. The second-order valence-electron chi connectivity index (χ2n) is 4.48. The number of likely N-dealkylation sites (N-methyl/N-ethyl adjacent to an activating group) is 1. The highest BCUT2D eigenvalue weighted by Crippen LogP contribution is 2.33. The lowest BCUT2D eigenvalue weighted by Gasteiger charge is -2.17. The first-order chi connectivity index (χ1) is 8.13. The topological polar surface area (TPSA) is 29.5 Å². The highest BCUT2D eigenvalue weighted by molar-refractivity contribution is 5.74. The molecule has 0 radical (unpaired) electrons. The van der Waals surface area contributed by atoms with Crippen LogP contribution in [0.25, 0.3) is 0 Å². The van der Waals surface area contributed by atoms with Crippen LogP contribution in [-0.4, -0.2) is 38.1 Å². The van der Waals surface area contributed by atoms with Crippen LogP contribution in [0.3, 0.4) is 0 Å². The fraction of sp³-hybridized carbons (Fsp3) is 0.462. The molecule has 1 aliphatic rings. The van der Waals surface area contributed by atoms with Gasteiger partial charge in [0.15, 0.2) is 0 Å². The van der Waals surface area contributed by atoms with Crippen molar-refractivity contribution in [3.63, 3.8) is 0 Å². The van der Waals surface area contributed by atoms with Gasteiger partial charge in [0.2, 0.25) is 0 Å². The summed E-state index contributed by atoms with van der Waals surface area (Å²) in [6.07, 6.45) is 0. The number of esters is 1. The molecule has 0 aliphatic carbocycles. The summed E-state index contributed by atoms with van der Waals surface area (Å²) in [4.78, 5) is 13.7. The van der Waals surface area contributed by atoms with Crippen LogP contribution in [0, 0.1) is 11.7 Å². The number of likely N-dealkylation sites (tertiary alicyclic amines) is 1. The molecular weight excluding hydrogens is 221 g/mol. The average molecular weight is 237 g/mol. The van der Waals surface area contributed by atoms with Crippen LogP contribution >= 0.6 is 0 Å². The zero-order valence-electron chi connectivity index (χ0n) is 10.0. The molecule has 1 fully saturated rings. The smallest absolute Gasteiger partial charge is 0.310 e. The minimum atomic E-state index is -0.276. The molecule has 1 aromatic carbocycles. The Bertz CT molecular complexity index is 422. The number of nitrogens with zero attached hydrogens (tertiary/aromatic N) is 1. The minimum absolute atomic E-state index is 0.117. The standard InChI is InChI=1S/C13H16FNO2/c1-15-7-10(11(8-15)13(16)17-2)9-5-3-4-6-12(9)14/h3-6,10-11H,7-8H2,1-2H3/t10-,11-/m0/s1. The van der Waals surface area contributed by atoms with E-state index in [0.717, 1.165) is 0 Å². The van der Waals surface area contributed by atoms with Crippen molar-refractivity contribution < 1.29 is 13.9 Å². The first-order valence-corrected chi connectivity index (χ1v) is 5.64. The van der Waals surface area contributed by atoms with E-state index in [4.69, 9.17) is 4.74 Å². The summed E-state index contributed by atoms with van der Waals surface area (Å²) >= 11 is 0. The monoisotopic (exact) mass is 237 g/mol. The van der Waals surface area contributed by atoms with Crippen molar-refractivity contribution in [1.29, 1.82) is 0 Å². The van der Waals surface area contributed by atoms with Gasteiger partial charge in [0.05, 0.1) is 13.0 Å². The first-order valence-electron chi connectivity index (χ1n) is 5.64. The molecule has 0 spiro atoms. The predicted octanol–water partition coefficient (Wildman–Crippen LogP) is 1.64. The number of benzene rings is 1. The van der Waals surface area contributed by atoms with Crippen molar-refractivity contribution >= 4 is 5.97 Å². The molecule has 0 N–H and O–H groups in total. The van der Waals surface area contributed by atoms with E-state index in [1.807, 2.05) is 11.9 Å². The molecular formula is C13H16FNO2. The molecule has 2 atom stereocenters. The van der Waals surface area contributed by atoms with Crippen LogP contribution in [0.4, 0.5) is 4.39 Å². The minimum Gasteiger partial charge on any atom is -0.469 e. The van der Waals surface area contributed by atoms with Gasteiger partial charge < -0.3 is 9.64 Å². The van der Waals surface area contributed by atoms with Gasteiger partial charge in [-0.1, -0.05) is 18.2 Å². The largest absolute Gasteiger partial charge is 0.469 e. The van der Waals surface area contributed by atoms with Crippen LogP contribution < -0.4 is 0 Å². The Morgan fingerprint density at radius 2 is 2.12 bits per heavy atom. The Hall–Kier alpha value is -1.42. The van der Waals surface area contributed by atoms with Gasteiger partial charge in [0, 0.05) is 19.0 Å². The third kappa shape index (κ3) is 2.31. The number of rotatable bonds is 2. The van der Waals surface area contributed by atoms with Crippen molar-refractivity contribution in [1.82, 2.24) is 4.90 Å². The SMILES string of the molecule is COC(=O)[C@H]1CN(C)C[C@H]1c1ccccc1F. The Morgan fingerprint density at radius 3 is 2.76 bits per heavy atom. The molecule has 0 unspecified atom stereocenters. The number of hydrogen-bond donors (Lipinski definition) is 0. The van der Waals surface area contributed by atoms with Gasteiger partial charge in [0.1, 0.15) is 5.82 Å². The maximum Gasteiger partial charge on any atom is 0.310 e. The van der Waals surface area contributed by atoms with Crippen LogP contribution in [0.5, 0.6) is 0 Å². The summed E-state index contributed by atoms with van der Waals surface area (Å²) < 4.78 is 18.5. The van der Waals surface area contributed by atoms with E-state index in [2.05, 4.69) is 0 Å². The average Bonchev–Trinajstić information content (AvgIpc) is 2.71. The molecule has 3 nitrogen and oxygen atoms in total. The van der Waals surface area contributed by atoms with Gasteiger partial charge in [-0.3, -0.25) is 4.79 Å². The van der Waals surface area contributed by atoms with E-state index < -0.39 is 0 Å². The van der Waals surface area contributed by atoms with Crippen molar-refractivity contribution in [3.05, 3.63) is 35.6 Å². The summed E-state index contributed by atoms with van der Waals surface area (Å²) in [5.41, 5.74) is 0.604. The summed E-state index contributed by atoms with van der Waals surface area (Å²) in [6.45, 7) is 1.30. The molecule has 0 bridgehead atoms. The van der Waals surface area contributed by atoms with E-state index in [-0.39, 0.29) is 23.6 Å². The third-order valence-corrected chi connectivity index (χ3v) is 3.31. The van der Waals surface area contributed by atoms with Gasteiger partial charge >= 0.3 is 5.97 Å². The Kier molecular flexibility index (Phi) is 3.43. The lowest BCUT2D eigenvalue weighted by molar-refractivity contribution is -0.145. The summed E-state index contributed by atoms with van der Waals surface area (Å²) in [5, 5.41) is 0. The fourth-order valence-corrected chi connectivity index (χ4v) is 2.48. The second-order valence-corrected chi connectivity index (χ2v) is 4.48. The number of ether oxygens (including phenoxy) is 1. The second kappa shape index (κ2) is 4.84. The first kappa shape index (κ1) is 12.0. The van der Waals surface area contributed by atoms with E-state index >= 15 is 0 Å². The Labute approximate surface area is 100 Å². The molecule has 1 saturated heterocycles. The number of carbonyl (C=O) groups excluding carboxylic acids is 1. The molecule has 1 aliphatic heterocycles. The summed E-state index contributed by atoms with van der Waals surface area (Å²) in [5.74, 6) is -0.903. The molecule has 0 amide bonds. The van der Waals surface area contributed by atoms with E-state index in [1.165, 1.54) is 13.2 Å². The quantitative estimate of drug-likeness (QED) is 0.732. The van der Waals surface area contributed by atoms with Gasteiger partial charge in [-0.2, -0.15) is 0 Å². The number of halogens is 1. The molecule has 4 heteroatoms. The van der Waals surface area contributed by atoms with Crippen LogP contribution in [0.1, 0.15) is 11.5 Å². The summed E-state index contributed by atoms with van der Waals surface area (Å²) in [7, 11) is 3.30. The Morgan fingerprint density at radius 1 is 1.41 bits per heavy atom. The van der Waals surface area contributed by atoms with Crippen LogP contribution in [0.15, 0.2) is 24.3 Å². The molecule has 92 valence electrons. The van der Waals surface area contributed by atoms with Gasteiger partial charge in [-0.05, 0) is 18.7 Å². The zero-order valence-corrected chi connectivity index (χ0v) is 10.0. The van der Waals surface area contributed by atoms with E-state index in [0.29, 0.717) is 18.7 Å². The maximum absolute atomic E-state index is 13.7. The predicted molar refractivity (Wildman–Crippen MR) is 62.1 cm³/mol. The summed E-state index contributed by atoms with van der Waals surface area (Å²) in [6, 6.07) is 6.63. The number of carbonyl (C=O) groups is 1. The molecule has 1 aromatic rings. The van der Waals surface area contributed by atoms with E-state index in [9.17, 15) is 9.18 Å². The lowest BCUT2D eigenvalue weighted by Crippen LogP contribution is -2.23. The van der Waals surface area contributed by atoms with Gasteiger partial charge in [-0.15, -0.1) is 0 Å². The maximum atomic E-state index is 13.7. The fourth-order valence-electron chi connectivity index (χ4n) is 2.48. The van der Waals surface area contributed by atoms with Crippen LogP contribution in [-0.2, 0) is 9.53 Å². The highest BCUT2D eigenvalue weighted by Gasteiger charge is 2.38. The van der Waals surface area contributed by atoms with Crippen molar-refractivity contribution in [3.8, 4) is 0 Å². The van der Waals surface area contributed by atoms with Gasteiger partial charge in [-0.25, -0.2) is 4.39 Å². The molecule has 17 heavy (non-hydrogen) atoms. The zero-order chi connectivity index (χ0) is 12.4. The molecule has 1 heterocycles. The Balaban J connectivity index is 2.30. The normalized spacial score (nSPS) is 24.9. The lowest BCUT2D eigenvalue weighted by atomic mass is 9.88. The molecule has 0 aromatic heterocycles. The highest BCUT2D eigenvalue weighted by atomic mass is 19.1. The van der Waals surface area contributed by atoms with E-state index in [1.54, 1.807) is 18.2 Å². The number of hydrogen-bond acceptors (Lipinski definition) is 3. The third-order valence-electron chi connectivity index (χ3n) is 3.31. The van der Waals surface area contributed by atoms with Crippen molar-refractivity contribution in [2.24, 2.45) is 5.92 Å². The van der Waals surface area contributed by atoms with Crippen molar-refractivity contribution in [2.45, 2.75) is 5.92 Å².